The summed E-state index contributed by atoms with van der Waals surface area (Å²) in [7, 11) is 0. The molecule has 0 aromatic heterocycles. The van der Waals surface area contributed by atoms with Gasteiger partial charge in [0.15, 0.2) is 6.61 Å². The molecule has 1 rings (SSSR count). The molecule has 0 radical (unpaired) electrons. The minimum absolute atomic E-state index is 0.211. The Morgan fingerprint density at radius 2 is 2.05 bits per heavy atom. The Morgan fingerprint density at radius 1 is 1.35 bits per heavy atom. The third kappa shape index (κ3) is 4.89. The molecule has 0 unspecified atom stereocenters. The van der Waals surface area contributed by atoms with Crippen LogP contribution >= 0.6 is 0 Å². The van der Waals surface area contributed by atoms with Gasteiger partial charge in [0.2, 0.25) is 0 Å². The minimum Gasteiger partial charge on any atom is -0.482 e. The van der Waals surface area contributed by atoms with Crippen molar-refractivity contribution in [1.29, 1.82) is 0 Å². The molecule has 0 saturated carbocycles. The maximum absolute atomic E-state index is 11.6. The van der Waals surface area contributed by atoms with Crippen LogP contribution in [0.2, 0.25) is 0 Å². The number of carbonyl (C=O) groups excluding carboxylic acids is 2. The van der Waals surface area contributed by atoms with Crippen molar-refractivity contribution >= 4 is 11.9 Å². The summed E-state index contributed by atoms with van der Waals surface area (Å²) in [6.07, 6.45) is 0.713. The molecule has 20 heavy (non-hydrogen) atoms. The van der Waals surface area contributed by atoms with Crippen LogP contribution in [-0.4, -0.2) is 24.1 Å². The molecule has 6 nitrogen and oxygen atoms in total. The number of nitrogens with two attached hydrogens (primary N) is 1. The topological polar surface area (TPSA) is 90.6 Å². The maximum Gasteiger partial charge on any atom is 0.344 e. The zero-order chi connectivity index (χ0) is 15.2. The van der Waals surface area contributed by atoms with Crippen molar-refractivity contribution < 1.29 is 19.1 Å². The molecule has 0 bridgehead atoms. The zero-order valence-electron chi connectivity index (χ0n) is 11.9. The number of benzene rings is 1. The second-order valence-corrected chi connectivity index (χ2v) is 4.88. The first kappa shape index (κ1) is 16.0. The largest absolute Gasteiger partial charge is 0.482 e. The number of amides is 1. The first-order chi connectivity index (χ1) is 9.38. The molecule has 1 aromatic carbocycles. The van der Waals surface area contributed by atoms with Gasteiger partial charge in [0, 0.05) is 5.56 Å². The van der Waals surface area contributed by atoms with Crippen LogP contribution in [0.15, 0.2) is 24.3 Å². The summed E-state index contributed by atoms with van der Waals surface area (Å²) in [4.78, 5) is 23.0. The van der Waals surface area contributed by atoms with Crippen molar-refractivity contribution in [2.45, 2.75) is 32.8 Å². The Kier molecular flexibility index (Phi) is 5.52. The van der Waals surface area contributed by atoms with E-state index in [1.165, 1.54) is 6.07 Å². The van der Waals surface area contributed by atoms with Gasteiger partial charge >= 0.3 is 5.97 Å². The monoisotopic (exact) mass is 280 g/mol. The average Bonchev–Trinajstić information content (AvgIpc) is 2.44. The number of hydrogen-bond donors (Lipinski definition) is 2. The average molecular weight is 280 g/mol. The Hall–Kier alpha value is -2.08. The Labute approximate surface area is 118 Å². The lowest BCUT2D eigenvalue weighted by atomic mass is 10.1. The second-order valence-electron chi connectivity index (χ2n) is 4.88. The molecule has 0 atom stereocenters. The number of hydrazine groups is 1. The standard InChI is InChI=1S/C14H20N2O4/c1-4-14(2,3)20-12(17)9-19-11-7-5-6-10(8-11)13(18)16-15/h5-8H,4,9,15H2,1-3H3,(H,16,18). The van der Waals surface area contributed by atoms with Gasteiger partial charge in [-0.25, -0.2) is 10.6 Å². The van der Waals surface area contributed by atoms with E-state index in [0.717, 1.165) is 0 Å². The van der Waals surface area contributed by atoms with Crippen molar-refractivity contribution in [2.24, 2.45) is 5.84 Å². The Morgan fingerprint density at radius 3 is 2.65 bits per heavy atom. The van der Waals surface area contributed by atoms with Crippen LogP contribution in [0.5, 0.6) is 5.75 Å². The van der Waals surface area contributed by atoms with Gasteiger partial charge in [0.25, 0.3) is 5.91 Å². The van der Waals surface area contributed by atoms with Crippen LogP contribution in [0.3, 0.4) is 0 Å². The van der Waals surface area contributed by atoms with Crippen LogP contribution < -0.4 is 16.0 Å². The normalized spacial score (nSPS) is 10.8. The van der Waals surface area contributed by atoms with E-state index < -0.39 is 17.5 Å². The molecule has 3 N–H and O–H groups in total. The molecule has 0 fully saturated rings. The highest BCUT2D eigenvalue weighted by Gasteiger charge is 2.20. The SMILES string of the molecule is CCC(C)(C)OC(=O)COc1cccc(C(=O)NN)c1. The van der Waals surface area contributed by atoms with E-state index in [0.29, 0.717) is 17.7 Å². The van der Waals surface area contributed by atoms with Gasteiger partial charge in [0.1, 0.15) is 11.4 Å². The zero-order valence-corrected chi connectivity index (χ0v) is 11.9. The summed E-state index contributed by atoms with van der Waals surface area (Å²) >= 11 is 0. The van der Waals surface area contributed by atoms with Crippen molar-refractivity contribution in [3.05, 3.63) is 29.8 Å². The predicted molar refractivity (Wildman–Crippen MR) is 74.1 cm³/mol. The van der Waals surface area contributed by atoms with E-state index in [9.17, 15) is 9.59 Å². The van der Waals surface area contributed by atoms with Crippen molar-refractivity contribution in [3.8, 4) is 5.75 Å². The van der Waals surface area contributed by atoms with Gasteiger partial charge in [-0.05, 0) is 38.5 Å². The number of esters is 1. The molecule has 6 heteroatoms. The van der Waals surface area contributed by atoms with Crippen LogP contribution in [0.1, 0.15) is 37.6 Å². The lowest BCUT2D eigenvalue weighted by Gasteiger charge is -2.23. The molecule has 0 aliphatic rings. The molecule has 110 valence electrons. The van der Waals surface area contributed by atoms with Gasteiger partial charge in [-0.15, -0.1) is 0 Å². The predicted octanol–water partition coefficient (Wildman–Crippen LogP) is 1.40. The van der Waals surface area contributed by atoms with Gasteiger partial charge < -0.3 is 9.47 Å². The summed E-state index contributed by atoms with van der Waals surface area (Å²) < 4.78 is 10.5. The summed E-state index contributed by atoms with van der Waals surface area (Å²) in [5, 5.41) is 0. The highest BCUT2D eigenvalue weighted by molar-refractivity contribution is 5.94. The molecular weight excluding hydrogens is 260 g/mol. The van der Waals surface area contributed by atoms with Gasteiger partial charge in [-0.2, -0.15) is 0 Å². The van der Waals surface area contributed by atoms with Gasteiger partial charge in [-0.3, -0.25) is 10.2 Å². The van der Waals surface area contributed by atoms with E-state index in [-0.39, 0.29) is 6.61 Å². The molecule has 0 spiro atoms. The smallest absolute Gasteiger partial charge is 0.344 e. The molecule has 1 aromatic rings. The van der Waals surface area contributed by atoms with Crippen LogP contribution in [0.25, 0.3) is 0 Å². The van der Waals surface area contributed by atoms with Crippen molar-refractivity contribution in [2.75, 3.05) is 6.61 Å². The summed E-state index contributed by atoms with van der Waals surface area (Å²) in [5.41, 5.74) is 1.87. The van der Waals surface area contributed by atoms with E-state index >= 15 is 0 Å². The summed E-state index contributed by atoms with van der Waals surface area (Å²) in [5.74, 6) is 4.57. The summed E-state index contributed by atoms with van der Waals surface area (Å²) in [6, 6.07) is 6.38. The lowest BCUT2D eigenvalue weighted by molar-refractivity contribution is -0.159. The third-order valence-electron chi connectivity index (χ3n) is 2.83. The minimum atomic E-state index is -0.512. The van der Waals surface area contributed by atoms with Crippen LogP contribution in [0.4, 0.5) is 0 Å². The first-order valence-corrected chi connectivity index (χ1v) is 6.33. The number of hydrogen-bond acceptors (Lipinski definition) is 5. The molecule has 1 amide bonds. The van der Waals surface area contributed by atoms with Crippen molar-refractivity contribution in [1.82, 2.24) is 5.43 Å². The van der Waals surface area contributed by atoms with Gasteiger partial charge in [-0.1, -0.05) is 13.0 Å². The van der Waals surface area contributed by atoms with Crippen molar-refractivity contribution in [3.63, 3.8) is 0 Å². The Bertz CT molecular complexity index is 486. The molecule has 0 aliphatic heterocycles. The lowest BCUT2D eigenvalue weighted by Crippen LogP contribution is -2.30. The molecule has 0 saturated heterocycles. The fourth-order valence-corrected chi connectivity index (χ4v) is 1.36. The summed E-state index contributed by atoms with van der Waals surface area (Å²) in [6.45, 7) is 5.38. The molecule has 0 aliphatic carbocycles. The number of ether oxygens (including phenoxy) is 2. The fourth-order valence-electron chi connectivity index (χ4n) is 1.36. The van der Waals surface area contributed by atoms with E-state index in [4.69, 9.17) is 15.3 Å². The van der Waals surface area contributed by atoms with E-state index in [1.54, 1.807) is 18.2 Å². The maximum atomic E-state index is 11.6. The number of carbonyl (C=O) groups is 2. The van der Waals surface area contributed by atoms with E-state index in [2.05, 4.69) is 0 Å². The van der Waals surface area contributed by atoms with Crippen LogP contribution in [0, 0.1) is 0 Å². The second kappa shape index (κ2) is 6.91. The fraction of sp³-hybridized carbons (Fsp3) is 0.429. The third-order valence-corrected chi connectivity index (χ3v) is 2.83. The van der Waals surface area contributed by atoms with Crippen LogP contribution in [-0.2, 0) is 9.53 Å². The first-order valence-electron chi connectivity index (χ1n) is 6.33. The van der Waals surface area contributed by atoms with Gasteiger partial charge in [0.05, 0.1) is 0 Å². The highest BCUT2D eigenvalue weighted by Crippen LogP contribution is 2.16. The van der Waals surface area contributed by atoms with E-state index in [1.807, 2.05) is 26.2 Å². The number of nitrogen functional groups attached to an aromatic ring is 1. The Balaban J connectivity index is 2.58. The quantitative estimate of drug-likeness (QED) is 0.356. The number of nitrogens with one attached hydrogen (secondary N) is 1. The highest BCUT2D eigenvalue weighted by atomic mass is 16.6. The molecular formula is C14H20N2O4. The molecule has 0 heterocycles. The number of rotatable bonds is 6.